The molecule has 2 aromatic carbocycles. The monoisotopic (exact) mass is 535 g/mol. The number of nitrogens with zero attached hydrogens (tertiary/aromatic N) is 1. The van der Waals surface area contributed by atoms with Crippen molar-refractivity contribution in [1.82, 2.24) is 0 Å². The lowest BCUT2D eigenvalue weighted by Crippen LogP contribution is -2.37. The van der Waals surface area contributed by atoms with Crippen molar-refractivity contribution < 1.29 is 23.5 Å². The van der Waals surface area contributed by atoms with E-state index in [4.69, 9.17) is 25.5 Å². The van der Waals surface area contributed by atoms with Gasteiger partial charge in [0.25, 0.3) is 0 Å². The zero-order chi connectivity index (χ0) is 27.6. The number of hydrogen-bond donors (Lipinski definition) is 0. The number of para-hydroxylation sites is 1. The normalized spacial score (nSPS) is 17.5. The van der Waals surface area contributed by atoms with Gasteiger partial charge in [0.15, 0.2) is 5.43 Å². The lowest BCUT2D eigenvalue weighted by molar-refractivity contribution is -0.150. The van der Waals surface area contributed by atoms with E-state index in [1.165, 1.54) is 0 Å². The van der Waals surface area contributed by atoms with Crippen molar-refractivity contribution in [1.29, 1.82) is 0 Å². The Morgan fingerprint density at radius 1 is 1.05 bits per heavy atom. The number of fused-ring (bicyclic) bond motifs is 1. The van der Waals surface area contributed by atoms with Crippen molar-refractivity contribution >= 4 is 40.2 Å². The Bertz CT molecular complexity index is 1500. The standard InChI is InChI=1S/C30H30ClNO6/c1-16(2)37-30(35)24-19(5)32-18(4)23(29(34)36-15-14-31)25(24)21-12-9-13-22-26(33)17(3)27(38-28(21)22)20-10-7-6-8-11-20/h6-13,16,24-25H,14-15H2,1-5H3. The molecule has 1 aromatic heterocycles. The summed E-state index contributed by atoms with van der Waals surface area (Å²) in [6, 6.07) is 14.5. The Kier molecular flexibility index (Phi) is 8.17. The fourth-order valence-corrected chi connectivity index (χ4v) is 4.98. The van der Waals surface area contributed by atoms with Crippen LogP contribution in [0, 0.1) is 12.8 Å². The Balaban J connectivity index is 2.03. The van der Waals surface area contributed by atoms with Crippen LogP contribution >= 0.6 is 11.6 Å². The molecule has 0 saturated carbocycles. The van der Waals surface area contributed by atoms with Crippen LogP contribution in [0.3, 0.4) is 0 Å². The molecule has 2 heterocycles. The maximum atomic E-state index is 13.5. The highest BCUT2D eigenvalue weighted by Crippen LogP contribution is 2.43. The number of ether oxygens (including phenoxy) is 2. The molecule has 198 valence electrons. The van der Waals surface area contributed by atoms with E-state index in [9.17, 15) is 14.4 Å². The van der Waals surface area contributed by atoms with Crippen LogP contribution in [0.25, 0.3) is 22.3 Å². The Morgan fingerprint density at radius 2 is 1.76 bits per heavy atom. The number of carbonyl (C=O) groups excluding carboxylic acids is 2. The van der Waals surface area contributed by atoms with E-state index < -0.39 is 23.8 Å². The minimum atomic E-state index is -0.933. The molecule has 2 unspecified atom stereocenters. The zero-order valence-electron chi connectivity index (χ0n) is 22.0. The largest absolute Gasteiger partial charge is 0.462 e. The molecule has 3 aromatic rings. The minimum Gasteiger partial charge on any atom is -0.462 e. The molecule has 1 aliphatic rings. The summed E-state index contributed by atoms with van der Waals surface area (Å²) in [4.78, 5) is 44.8. The molecule has 7 nitrogen and oxygen atoms in total. The summed E-state index contributed by atoms with van der Waals surface area (Å²) in [5, 5.41) is 0.349. The zero-order valence-corrected chi connectivity index (χ0v) is 22.8. The van der Waals surface area contributed by atoms with E-state index in [0.29, 0.717) is 39.3 Å². The summed E-state index contributed by atoms with van der Waals surface area (Å²) in [5.41, 5.74) is 2.89. The fraction of sp³-hybridized carbons (Fsp3) is 0.333. The van der Waals surface area contributed by atoms with Crippen LogP contribution in [0.1, 0.15) is 44.7 Å². The topological polar surface area (TPSA) is 95.2 Å². The average Bonchev–Trinajstić information content (AvgIpc) is 2.88. The number of benzene rings is 2. The van der Waals surface area contributed by atoms with Crippen LogP contribution in [0.15, 0.2) is 74.0 Å². The van der Waals surface area contributed by atoms with E-state index in [-0.39, 0.29) is 29.6 Å². The van der Waals surface area contributed by atoms with Crippen LogP contribution in [0.4, 0.5) is 0 Å². The van der Waals surface area contributed by atoms with Gasteiger partial charge in [0, 0.05) is 34.0 Å². The van der Waals surface area contributed by atoms with Gasteiger partial charge in [0.1, 0.15) is 23.9 Å². The van der Waals surface area contributed by atoms with Crippen molar-refractivity contribution in [3.05, 3.63) is 81.2 Å². The molecule has 8 heteroatoms. The molecule has 2 atom stereocenters. The van der Waals surface area contributed by atoms with Gasteiger partial charge < -0.3 is 13.9 Å². The third-order valence-electron chi connectivity index (χ3n) is 6.51. The van der Waals surface area contributed by atoms with Gasteiger partial charge in [-0.05, 0) is 40.7 Å². The number of rotatable bonds is 7. The number of halogens is 1. The third kappa shape index (κ3) is 5.16. The summed E-state index contributed by atoms with van der Waals surface area (Å²) < 4.78 is 17.4. The second-order valence-electron chi connectivity index (χ2n) is 9.49. The van der Waals surface area contributed by atoms with Gasteiger partial charge >= 0.3 is 11.9 Å². The first kappa shape index (κ1) is 27.3. The summed E-state index contributed by atoms with van der Waals surface area (Å²) in [7, 11) is 0. The number of carbonyl (C=O) groups is 2. The molecule has 1 aliphatic heterocycles. The molecule has 4 rings (SSSR count). The molecular formula is C30H30ClNO6. The van der Waals surface area contributed by atoms with Gasteiger partial charge in [0.2, 0.25) is 0 Å². The highest BCUT2D eigenvalue weighted by Gasteiger charge is 2.44. The first-order chi connectivity index (χ1) is 18.1. The lowest BCUT2D eigenvalue weighted by Gasteiger charge is -2.32. The number of alkyl halides is 1. The van der Waals surface area contributed by atoms with Crippen LogP contribution < -0.4 is 5.43 Å². The van der Waals surface area contributed by atoms with Gasteiger partial charge in [-0.15, -0.1) is 11.6 Å². The number of hydrogen-bond acceptors (Lipinski definition) is 7. The summed E-state index contributed by atoms with van der Waals surface area (Å²) in [6.45, 7) is 8.65. The van der Waals surface area contributed by atoms with Gasteiger partial charge in [-0.1, -0.05) is 42.5 Å². The fourth-order valence-electron chi connectivity index (χ4n) is 4.90. The number of esters is 2. The van der Waals surface area contributed by atoms with Crippen LogP contribution in [-0.4, -0.2) is 36.2 Å². The summed E-state index contributed by atoms with van der Waals surface area (Å²) >= 11 is 5.78. The maximum Gasteiger partial charge on any atom is 0.336 e. The molecule has 0 saturated heterocycles. The van der Waals surface area contributed by atoms with E-state index >= 15 is 0 Å². The predicted octanol–water partition coefficient (Wildman–Crippen LogP) is 5.95. The second-order valence-corrected chi connectivity index (χ2v) is 9.87. The molecule has 0 spiro atoms. The quantitative estimate of drug-likeness (QED) is 0.274. The predicted molar refractivity (Wildman–Crippen MR) is 148 cm³/mol. The summed E-state index contributed by atoms with van der Waals surface area (Å²) in [5.74, 6) is -2.42. The van der Waals surface area contributed by atoms with Crippen molar-refractivity contribution in [2.24, 2.45) is 10.9 Å². The van der Waals surface area contributed by atoms with Gasteiger partial charge in [0.05, 0.1) is 22.9 Å². The Morgan fingerprint density at radius 3 is 2.42 bits per heavy atom. The average molecular weight is 536 g/mol. The number of allylic oxidation sites excluding steroid dienone is 1. The van der Waals surface area contributed by atoms with E-state index in [2.05, 4.69) is 4.99 Å². The summed E-state index contributed by atoms with van der Waals surface area (Å²) in [6.07, 6.45) is -0.382. The second kappa shape index (κ2) is 11.4. The molecule has 0 amide bonds. The molecule has 0 bridgehead atoms. The minimum absolute atomic E-state index is 0.00430. The first-order valence-electron chi connectivity index (χ1n) is 12.5. The first-order valence-corrected chi connectivity index (χ1v) is 13.0. The van der Waals surface area contributed by atoms with Gasteiger partial charge in [-0.25, -0.2) is 4.79 Å². The van der Waals surface area contributed by atoms with Crippen LogP contribution in [0.5, 0.6) is 0 Å². The van der Waals surface area contributed by atoms with E-state index in [0.717, 1.165) is 5.56 Å². The number of aliphatic imine (C=N–C) groups is 1. The SMILES string of the molecule is CC1=NC(C)=C(C(=O)OCCCl)C(c2cccc3c(=O)c(C)c(-c4ccccc4)oc23)C1C(=O)OC(C)C. The Hall–Kier alpha value is -3.71. The van der Waals surface area contributed by atoms with E-state index in [1.54, 1.807) is 52.8 Å². The molecule has 0 fully saturated rings. The van der Waals surface area contributed by atoms with Crippen molar-refractivity contribution in [3.8, 4) is 11.3 Å². The van der Waals surface area contributed by atoms with Crippen LogP contribution in [-0.2, 0) is 19.1 Å². The molecular weight excluding hydrogens is 506 g/mol. The molecule has 0 radical (unpaired) electrons. The van der Waals surface area contributed by atoms with Gasteiger partial charge in [-0.2, -0.15) is 0 Å². The van der Waals surface area contributed by atoms with E-state index in [1.807, 2.05) is 30.3 Å². The van der Waals surface area contributed by atoms with Crippen LogP contribution in [0.2, 0.25) is 0 Å². The maximum absolute atomic E-state index is 13.5. The van der Waals surface area contributed by atoms with Crippen molar-refractivity contribution in [2.75, 3.05) is 12.5 Å². The third-order valence-corrected chi connectivity index (χ3v) is 6.67. The highest BCUT2D eigenvalue weighted by atomic mass is 35.5. The molecule has 0 N–H and O–H groups in total. The van der Waals surface area contributed by atoms with Crippen molar-refractivity contribution in [2.45, 2.75) is 46.6 Å². The van der Waals surface area contributed by atoms with Crippen molar-refractivity contribution in [3.63, 3.8) is 0 Å². The lowest BCUT2D eigenvalue weighted by atomic mass is 9.75. The molecule has 38 heavy (non-hydrogen) atoms. The molecule has 0 aliphatic carbocycles. The Labute approximate surface area is 226 Å². The highest BCUT2D eigenvalue weighted by molar-refractivity contribution is 6.18. The van der Waals surface area contributed by atoms with Gasteiger partial charge in [-0.3, -0.25) is 14.6 Å². The smallest absolute Gasteiger partial charge is 0.336 e.